The smallest absolute Gasteiger partial charge is 0.180 e. The summed E-state index contributed by atoms with van der Waals surface area (Å²) in [7, 11) is 0. The van der Waals surface area contributed by atoms with Crippen LogP contribution in [0.5, 0.6) is 0 Å². The summed E-state index contributed by atoms with van der Waals surface area (Å²) in [6.45, 7) is 6.73. The first-order chi connectivity index (χ1) is 6.89. The van der Waals surface area contributed by atoms with Crippen LogP contribution in [0.25, 0.3) is 0 Å². The Bertz CT molecular complexity index is 326. The van der Waals surface area contributed by atoms with Crippen LogP contribution in [0, 0.1) is 0 Å². The van der Waals surface area contributed by atoms with Gasteiger partial charge in [-0.05, 0) is 20.4 Å². The second-order valence-electron chi connectivity index (χ2n) is 3.59. The van der Waals surface area contributed by atoms with E-state index < -0.39 is 6.04 Å². The van der Waals surface area contributed by atoms with Crippen molar-refractivity contribution in [3.63, 3.8) is 0 Å². The Labute approximate surface area is 94.1 Å². The molecule has 1 rings (SSSR count). The van der Waals surface area contributed by atoms with Crippen LogP contribution < -0.4 is 0 Å². The van der Waals surface area contributed by atoms with Gasteiger partial charge in [0.2, 0.25) is 0 Å². The Hall–Kier alpha value is -1.13. The van der Waals surface area contributed by atoms with Crippen molar-refractivity contribution < 1.29 is 13.6 Å². The number of carbonyl (C=O) groups is 2. The third kappa shape index (κ3) is 2.46. The van der Waals surface area contributed by atoms with Crippen LogP contribution in [0.3, 0.4) is 0 Å². The Morgan fingerprint density at radius 1 is 1.53 bits per heavy atom. The van der Waals surface area contributed by atoms with E-state index in [1.807, 2.05) is 0 Å². The molecule has 1 aliphatic heterocycles. The lowest BCUT2D eigenvalue weighted by Gasteiger charge is -2.24. The number of nitrogens with zero attached hydrogens (tertiary/aromatic N) is 2. The summed E-state index contributed by atoms with van der Waals surface area (Å²) in [6, 6.07) is -0.736. The molecule has 0 aromatic rings. The molecule has 82 valence electrons. The Balaban J connectivity index is 2.84. The van der Waals surface area contributed by atoms with Crippen molar-refractivity contribution in [2.24, 2.45) is 0 Å². The number of quaternary nitrogens is 1. The molecule has 0 saturated carbocycles. The minimum absolute atomic E-state index is 0.0168. The number of hydrogen-bond acceptors (Lipinski definition) is 3. The van der Waals surface area contributed by atoms with E-state index in [9.17, 15) is 9.59 Å². The van der Waals surface area contributed by atoms with Gasteiger partial charge in [0.1, 0.15) is 12.4 Å². The lowest BCUT2D eigenvalue weighted by atomic mass is 10.1. The Morgan fingerprint density at radius 2 is 2.07 bits per heavy atom. The van der Waals surface area contributed by atoms with Crippen molar-refractivity contribution in [2.45, 2.75) is 19.9 Å². The number of carbonyl (C=O) groups excluding carboxylic acids is 2. The van der Waals surface area contributed by atoms with Crippen LogP contribution in [-0.4, -0.2) is 33.2 Å². The zero-order valence-electron chi connectivity index (χ0n) is 8.81. The highest BCUT2D eigenvalue weighted by atomic mass is 35.5. The van der Waals surface area contributed by atoms with E-state index >= 15 is 0 Å². The number of halogens is 1. The van der Waals surface area contributed by atoms with E-state index in [0.29, 0.717) is 6.67 Å². The van der Waals surface area contributed by atoms with E-state index in [2.05, 4.69) is 6.58 Å². The largest absolute Gasteiger partial charge is 0.307 e. The third-order valence-electron chi connectivity index (χ3n) is 2.29. The average molecular weight is 230 g/mol. The molecule has 5 heteroatoms. The molecule has 0 amide bonds. The predicted octanol–water partition coefficient (Wildman–Crippen LogP) is 1.39. The summed E-state index contributed by atoms with van der Waals surface area (Å²) in [5.41, 5.74) is 0. The number of hydrogen-bond donors (Lipinski definition) is 0. The quantitative estimate of drug-likeness (QED) is 0.540. The molecule has 0 aromatic heterocycles. The lowest BCUT2D eigenvalue weighted by Crippen LogP contribution is -2.44. The highest BCUT2D eigenvalue weighted by Gasteiger charge is 2.36. The van der Waals surface area contributed by atoms with E-state index in [4.69, 9.17) is 11.8 Å². The maximum Gasteiger partial charge on any atom is 0.180 e. The zero-order chi connectivity index (χ0) is 11.6. The highest BCUT2D eigenvalue weighted by Crippen LogP contribution is 2.24. The van der Waals surface area contributed by atoms with Gasteiger partial charge in [-0.2, -0.15) is 4.00 Å². The van der Waals surface area contributed by atoms with Gasteiger partial charge in [0, 0.05) is 0 Å². The summed E-state index contributed by atoms with van der Waals surface area (Å²) in [6.07, 6.45) is 4.87. The minimum Gasteiger partial charge on any atom is -0.307 e. The number of ketones is 2. The molecule has 1 atom stereocenters. The molecular formula is C10H14ClN2O2+. The van der Waals surface area contributed by atoms with Gasteiger partial charge in [-0.3, -0.25) is 9.59 Å². The highest BCUT2D eigenvalue weighted by molar-refractivity contribution is 6.08. The minimum atomic E-state index is -0.736. The maximum atomic E-state index is 11.3. The van der Waals surface area contributed by atoms with Gasteiger partial charge >= 0.3 is 0 Å². The van der Waals surface area contributed by atoms with Crippen LogP contribution in [-0.2, 0) is 9.59 Å². The number of rotatable bonds is 4. The Kier molecular flexibility index (Phi) is 3.31. The van der Waals surface area contributed by atoms with Crippen molar-refractivity contribution in [1.82, 2.24) is 4.90 Å². The molecule has 0 spiro atoms. The normalized spacial score (nSPS) is 24.7. The fourth-order valence-electron chi connectivity index (χ4n) is 1.58. The van der Waals surface area contributed by atoms with E-state index in [1.54, 1.807) is 17.3 Å². The van der Waals surface area contributed by atoms with Crippen LogP contribution in [0.1, 0.15) is 13.8 Å². The van der Waals surface area contributed by atoms with Crippen molar-refractivity contribution in [3.8, 4) is 0 Å². The van der Waals surface area contributed by atoms with Gasteiger partial charge in [0.15, 0.2) is 36.1 Å². The molecule has 0 fully saturated rings. The second kappa shape index (κ2) is 4.16. The molecule has 0 bridgehead atoms. The van der Waals surface area contributed by atoms with E-state index in [1.165, 1.54) is 20.0 Å². The fourth-order valence-corrected chi connectivity index (χ4v) is 1.75. The molecule has 1 aliphatic rings. The molecule has 1 heterocycles. The Morgan fingerprint density at radius 3 is 2.40 bits per heavy atom. The van der Waals surface area contributed by atoms with Gasteiger partial charge < -0.3 is 4.90 Å². The molecule has 0 N–H and O–H groups in total. The summed E-state index contributed by atoms with van der Waals surface area (Å²) in [5.74, 6) is -0.359. The summed E-state index contributed by atoms with van der Waals surface area (Å²) >= 11 is 6.07. The monoisotopic (exact) mass is 229 g/mol. The van der Waals surface area contributed by atoms with Crippen molar-refractivity contribution >= 4 is 23.3 Å². The van der Waals surface area contributed by atoms with Crippen LogP contribution in [0.15, 0.2) is 25.2 Å². The van der Waals surface area contributed by atoms with Crippen LogP contribution >= 0.6 is 11.8 Å². The lowest BCUT2D eigenvalue weighted by molar-refractivity contribution is -0.705. The molecule has 0 aromatic carbocycles. The first kappa shape index (κ1) is 11.9. The standard InChI is InChI=1S/C10H14ClN2O2/c1-4-13(11)6-5-12(7-13)10(8(2)14)9(3)15/h4-6,10H,1,7H2,2-3H3/q+1. The maximum absolute atomic E-state index is 11.3. The molecule has 1 unspecified atom stereocenters. The van der Waals surface area contributed by atoms with Gasteiger partial charge in [-0.1, -0.05) is 0 Å². The van der Waals surface area contributed by atoms with Crippen molar-refractivity contribution in [2.75, 3.05) is 6.67 Å². The van der Waals surface area contributed by atoms with Crippen molar-refractivity contribution in [1.29, 1.82) is 0 Å². The van der Waals surface area contributed by atoms with Gasteiger partial charge in [-0.15, -0.1) is 0 Å². The van der Waals surface area contributed by atoms with Gasteiger partial charge in [0.05, 0.1) is 6.20 Å². The molecule has 4 nitrogen and oxygen atoms in total. The first-order valence-corrected chi connectivity index (χ1v) is 4.90. The molecule has 15 heavy (non-hydrogen) atoms. The SMILES string of the molecule is C=C[N+]1(Cl)C=CN(C(C(C)=O)C(C)=O)C1. The first-order valence-electron chi connectivity index (χ1n) is 4.56. The summed E-state index contributed by atoms with van der Waals surface area (Å²) < 4.78 is -0.0168. The molecule has 0 saturated heterocycles. The second-order valence-corrected chi connectivity index (χ2v) is 4.22. The summed E-state index contributed by atoms with van der Waals surface area (Å²) in [4.78, 5) is 24.2. The van der Waals surface area contributed by atoms with Crippen LogP contribution in [0.4, 0.5) is 0 Å². The molecular weight excluding hydrogens is 216 g/mol. The zero-order valence-corrected chi connectivity index (χ0v) is 9.57. The predicted molar refractivity (Wildman–Crippen MR) is 57.3 cm³/mol. The molecule has 0 aliphatic carbocycles. The van der Waals surface area contributed by atoms with E-state index in [0.717, 1.165) is 0 Å². The average Bonchev–Trinajstić information content (AvgIpc) is 2.48. The van der Waals surface area contributed by atoms with Gasteiger partial charge in [0.25, 0.3) is 0 Å². The molecule has 0 radical (unpaired) electrons. The van der Waals surface area contributed by atoms with E-state index in [-0.39, 0.29) is 15.6 Å². The van der Waals surface area contributed by atoms with Gasteiger partial charge in [-0.25, -0.2) is 0 Å². The fraction of sp³-hybridized carbons (Fsp3) is 0.400. The summed E-state index contributed by atoms with van der Waals surface area (Å²) in [5, 5.41) is 0. The number of Topliss-reactive ketones (excluding diaryl/α,β-unsaturated/α-hetero) is 2. The topological polar surface area (TPSA) is 37.4 Å². The third-order valence-corrected chi connectivity index (χ3v) is 2.65. The van der Waals surface area contributed by atoms with Crippen LogP contribution in [0.2, 0.25) is 0 Å². The van der Waals surface area contributed by atoms with Crippen molar-refractivity contribution in [3.05, 3.63) is 25.2 Å².